The third-order valence-electron chi connectivity index (χ3n) is 1.78. The van der Waals surface area contributed by atoms with Gasteiger partial charge in [-0.3, -0.25) is 10.1 Å². The number of carboxylic acids is 1. The molecule has 0 bridgehead atoms. The predicted molar refractivity (Wildman–Crippen MR) is 47.5 cm³/mol. The zero-order chi connectivity index (χ0) is 13.2. The molecule has 0 aliphatic rings. The number of hydrogen-bond acceptors (Lipinski definition) is 5. The van der Waals surface area contributed by atoms with Crippen molar-refractivity contribution in [3.63, 3.8) is 0 Å². The molecule has 0 saturated heterocycles. The molecule has 0 radical (unpaired) electrons. The number of halogens is 2. The molecule has 0 aromatic carbocycles. The average molecular weight is 243 g/mol. The summed E-state index contributed by atoms with van der Waals surface area (Å²) in [5.41, 5.74) is -4.12. The van der Waals surface area contributed by atoms with Gasteiger partial charge in [-0.1, -0.05) is 0 Å². The highest BCUT2D eigenvalue weighted by Gasteiger charge is 2.29. The first-order valence-electron chi connectivity index (χ1n) is 3.99. The largest absolute Gasteiger partial charge is 0.477 e. The van der Waals surface area contributed by atoms with E-state index >= 15 is 0 Å². The van der Waals surface area contributed by atoms with E-state index in [1.165, 1.54) is 6.07 Å². The fourth-order valence-corrected chi connectivity index (χ4v) is 1.10. The van der Waals surface area contributed by atoms with Crippen LogP contribution in [0.5, 0.6) is 0 Å². The van der Waals surface area contributed by atoms with Crippen molar-refractivity contribution >= 4 is 11.7 Å². The Hall–Kier alpha value is -2.63. The van der Waals surface area contributed by atoms with Crippen LogP contribution in [0.1, 0.15) is 28.2 Å². The number of rotatable bonds is 3. The highest BCUT2D eigenvalue weighted by atomic mass is 19.3. The molecule has 88 valence electrons. The van der Waals surface area contributed by atoms with Gasteiger partial charge < -0.3 is 5.11 Å². The molecule has 1 aromatic heterocycles. The summed E-state index contributed by atoms with van der Waals surface area (Å²) in [6, 6.07) is 1.60. The maximum Gasteiger partial charge on any atom is 0.354 e. The van der Waals surface area contributed by atoms with Crippen molar-refractivity contribution in [2.45, 2.75) is 6.43 Å². The number of nitro groups is 1. The lowest BCUT2D eigenvalue weighted by Gasteiger charge is -2.04. The van der Waals surface area contributed by atoms with Crippen LogP contribution in [0.2, 0.25) is 0 Å². The van der Waals surface area contributed by atoms with Crippen molar-refractivity contribution in [1.29, 1.82) is 5.26 Å². The lowest BCUT2D eigenvalue weighted by atomic mass is 10.1. The molecule has 0 unspecified atom stereocenters. The second kappa shape index (κ2) is 4.48. The highest BCUT2D eigenvalue weighted by Crippen LogP contribution is 2.31. The summed E-state index contributed by atoms with van der Waals surface area (Å²) in [5, 5.41) is 27.6. The molecule has 1 rings (SSSR count). The first kappa shape index (κ1) is 12.4. The number of aromatic carboxylic acids is 1. The maximum atomic E-state index is 12.5. The van der Waals surface area contributed by atoms with Gasteiger partial charge in [0, 0.05) is 6.07 Å². The topological polar surface area (TPSA) is 117 Å². The van der Waals surface area contributed by atoms with Gasteiger partial charge in [-0.2, -0.15) is 5.26 Å². The van der Waals surface area contributed by atoms with E-state index in [1.807, 2.05) is 0 Å². The number of hydrogen-bond donors (Lipinski definition) is 1. The molecule has 9 heteroatoms. The van der Waals surface area contributed by atoms with E-state index in [4.69, 9.17) is 10.4 Å². The minimum atomic E-state index is -3.29. The summed E-state index contributed by atoms with van der Waals surface area (Å²) in [7, 11) is 0. The van der Waals surface area contributed by atoms with Crippen LogP contribution in [-0.2, 0) is 0 Å². The standard InChI is InChI=1S/C8H3F2N3O4/c9-7(10)6-4(2-11)12-3(8(14)15)1-5(6)13(16)17/h1,7H,(H,14,15). The van der Waals surface area contributed by atoms with Gasteiger partial charge in [-0.25, -0.2) is 18.6 Å². The Bertz CT molecular complexity index is 538. The Morgan fingerprint density at radius 1 is 1.65 bits per heavy atom. The van der Waals surface area contributed by atoms with Crippen LogP contribution in [0.4, 0.5) is 14.5 Å². The predicted octanol–water partition coefficient (Wildman–Crippen LogP) is 1.50. The van der Waals surface area contributed by atoms with Gasteiger partial charge >= 0.3 is 5.97 Å². The van der Waals surface area contributed by atoms with E-state index in [2.05, 4.69) is 4.98 Å². The number of pyridine rings is 1. The third kappa shape index (κ3) is 2.31. The van der Waals surface area contributed by atoms with E-state index in [0.717, 1.165) is 0 Å². The number of nitriles is 1. The summed E-state index contributed by atoms with van der Waals surface area (Å²) in [4.78, 5) is 23.0. The number of carbonyl (C=O) groups is 1. The minimum Gasteiger partial charge on any atom is -0.477 e. The van der Waals surface area contributed by atoms with Crippen molar-refractivity contribution in [2.24, 2.45) is 0 Å². The molecule has 0 amide bonds. The zero-order valence-electron chi connectivity index (χ0n) is 7.92. The molecule has 17 heavy (non-hydrogen) atoms. The minimum absolute atomic E-state index is 0.394. The number of aromatic nitrogens is 1. The Kier molecular flexibility index (Phi) is 3.28. The van der Waals surface area contributed by atoms with E-state index in [0.29, 0.717) is 6.07 Å². The number of alkyl halides is 2. The van der Waals surface area contributed by atoms with Crippen molar-refractivity contribution in [3.8, 4) is 6.07 Å². The van der Waals surface area contributed by atoms with Crippen LogP contribution >= 0.6 is 0 Å². The second-order valence-corrected chi connectivity index (χ2v) is 2.76. The summed E-state index contributed by atoms with van der Waals surface area (Å²) < 4.78 is 25.1. The van der Waals surface area contributed by atoms with Gasteiger partial charge in [0.05, 0.1) is 4.92 Å². The van der Waals surface area contributed by atoms with Gasteiger partial charge in [0.15, 0.2) is 11.4 Å². The van der Waals surface area contributed by atoms with E-state index in [1.54, 1.807) is 0 Å². The lowest BCUT2D eigenvalue weighted by Crippen LogP contribution is -2.08. The molecule has 1 N–H and O–H groups in total. The molecule has 0 atom stereocenters. The summed E-state index contributed by atoms with van der Waals surface area (Å²) in [6.45, 7) is 0. The second-order valence-electron chi connectivity index (χ2n) is 2.76. The summed E-state index contributed by atoms with van der Waals surface area (Å²) in [5.74, 6) is -1.65. The average Bonchev–Trinajstić information content (AvgIpc) is 2.26. The van der Waals surface area contributed by atoms with Crippen LogP contribution in [0.15, 0.2) is 6.07 Å². The number of nitrogens with zero attached hydrogens (tertiary/aromatic N) is 3. The molecule has 0 aliphatic carbocycles. The van der Waals surface area contributed by atoms with E-state index in [-0.39, 0.29) is 0 Å². The fraction of sp³-hybridized carbons (Fsp3) is 0.125. The highest BCUT2D eigenvalue weighted by molar-refractivity contribution is 5.86. The molecule has 7 nitrogen and oxygen atoms in total. The molecule has 0 saturated carbocycles. The Labute approximate surface area is 92.1 Å². The number of carboxylic acid groups (broad SMARTS) is 1. The third-order valence-corrected chi connectivity index (χ3v) is 1.78. The molecular formula is C8H3F2N3O4. The van der Waals surface area contributed by atoms with Crippen molar-refractivity contribution < 1.29 is 23.6 Å². The zero-order valence-corrected chi connectivity index (χ0v) is 7.92. The molecule has 1 aromatic rings. The van der Waals surface area contributed by atoms with Crippen LogP contribution in [-0.4, -0.2) is 21.0 Å². The monoisotopic (exact) mass is 243 g/mol. The summed E-state index contributed by atoms with van der Waals surface area (Å²) >= 11 is 0. The molecule has 0 aliphatic heterocycles. The van der Waals surface area contributed by atoms with Gasteiger partial charge in [0.25, 0.3) is 12.1 Å². The maximum absolute atomic E-state index is 12.5. The molecule has 0 spiro atoms. The van der Waals surface area contributed by atoms with Crippen LogP contribution < -0.4 is 0 Å². The van der Waals surface area contributed by atoms with E-state index in [9.17, 15) is 23.7 Å². The normalized spacial score (nSPS) is 10.0. The Morgan fingerprint density at radius 2 is 2.24 bits per heavy atom. The van der Waals surface area contributed by atoms with Gasteiger partial charge in [-0.15, -0.1) is 0 Å². The SMILES string of the molecule is N#Cc1nc(C(=O)O)cc([N+](=O)[O-])c1C(F)F. The molecular weight excluding hydrogens is 240 g/mol. The van der Waals surface area contributed by atoms with Crippen LogP contribution in [0.3, 0.4) is 0 Å². The van der Waals surface area contributed by atoms with Gasteiger partial charge in [0.2, 0.25) is 0 Å². The van der Waals surface area contributed by atoms with Crippen molar-refractivity contribution in [2.75, 3.05) is 0 Å². The molecule has 1 heterocycles. The van der Waals surface area contributed by atoms with Gasteiger partial charge in [-0.05, 0) is 0 Å². The van der Waals surface area contributed by atoms with Gasteiger partial charge in [0.1, 0.15) is 11.6 Å². The fourth-order valence-electron chi connectivity index (χ4n) is 1.10. The quantitative estimate of drug-likeness (QED) is 0.634. The smallest absolute Gasteiger partial charge is 0.354 e. The molecule has 0 fully saturated rings. The Balaban J connectivity index is 3.65. The summed E-state index contributed by atoms with van der Waals surface area (Å²) in [6.07, 6.45) is -3.29. The van der Waals surface area contributed by atoms with Crippen LogP contribution in [0.25, 0.3) is 0 Å². The van der Waals surface area contributed by atoms with Crippen molar-refractivity contribution in [3.05, 3.63) is 33.1 Å². The Morgan fingerprint density at radius 3 is 2.59 bits per heavy atom. The lowest BCUT2D eigenvalue weighted by molar-refractivity contribution is -0.386. The van der Waals surface area contributed by atoms with Crippen molar-refractivity contribution in [1.82, 2.24) is 4.98 Å². The first-order chi connectivity index (χ1) is 7.88. The first-order valence-corrected chi connectivity index (χ1v) is 3.99. The van der Waals surface area contributed by atoms with E-state index < -0.39 is 40.0 Å². The van der Waals surface area contributed by atoms with Crippen LogP contribution in [0, 0.1) is 21.4 Å².